The number of benzene rings is 1. The average Bonchev–Trinajstić information content (AvgIpc) is 3.29. The van der Waals surface area contributed by atoms with Crippen molar-refractivity contribution < 1.29 is 9.53 Å². The van der Waals surface area contributed by atoms with Gasteiger partial charge in [0.2, 0.25) is 0 Å². The quantitative estimate of drug-likeness (QED) is 0.527. The summed E-state index contributed by atoms with van der Waals surface area (Å²) >= 11 is 3.56. The van der Waals surface area contributed by atoms with E-state index >= 15 is 0 Å². The lowest BCUT2D eigenvalue weighted by Crippen LogP contribution is -2.40. The third-order valence-electron chi connectivity index (χ3n) is 4.89. The van der Waals surface area contributed by atoms with Crippen molar-refractivity contribution in [3.05, 3.63) is 66.7 Å². The third-order valence-corrected chi connectivity index (χ3v) is 7.15. The normalized spacial score (nSPS) is 14.6. The van der Waals surface area contributed by atoms with Gasteiger partial charge in [0.15, 0.2) is 5.16 Å². The molecule has 0 aliphatic carbocycles. The Hall–Kier alpha value is -2.45. The molecule has 2 aromatic heterocycles. The van der Waals surface area contributed by atoms with E-state index in [-0.39, 0.29) is 6.09 Å². The molecule has 156 valence electrons. The van der Waals surface area contributed by atoms with Gasteiger partial charge >= 0.3 is 6.09 Å². The number of aryl methyl sites for hydroxylation is 1. The van der Waals surface area contributed by atoms with Crippen molar-refractivity contribution in [3.8, 4) is 5.75 Å². The summed E-state index contributed by atoms with van der Waals surface area (Å²) in [5.41, 5.74) is 1.23. The molecule has 1 saturated heterocycles. The molecule has 4 rings (SSSR count). The highest BCUT2D eigenvalue weighted by molar-refractivity contribution is 7.99. The number of rotatable bonds is 7. The molecule has 6 nitrogen and oxygen atoms in total. The van der Waals surface area contributed by atoms with Gasteiger partial charge < -0.3 is 14.6 Å². The lowest BCUT2D eigenvalue weighted by atomic mass is 10.1. The number of amides is 1. The fourth-order valence-corrected chi connectivity index (χ4v) is 5.15. The molecule has 0 spiro atoms. The zero-order chi connectivity index (χ0) is 20.6. The zero-order valence-electron chi connectivity index (χ0n) is 16.6. The van der Waals surface area contributed by atoms with Crippen LogP contribution in [0.15, 0.2) is 71.2 Å². The van der Waals surface area contributed by atoms with E-state index in [1.54, 1.807) is 22.9 Å². The van der Waals surface area contributed by atoms with Gasteiger partial charge in [0.1, 0.15) is 5.75 Å². The van der Waals surface area contributed by atoms with Gasteiger partial charge in [-0.25, -0.2) is 9.78 Å². The minimum Gasteiger partial charge on any atom is -0.410 e. The van der Waals surface area contributed by atoms with Crippen molar-refractivity contribution >= 4 is 29.6 Å². The summed E-state index contributed by atoms with van der Waals surface area (Å²) in [5.74, 6) is 1.59. The fraction of sp³-hybridized carbons (Fsp3) is 0.318. The number of aromatic amines is 1. The molecule has 3 aromatic rings. The Kier molecular flexibility index (Phi) is 7.31. The first-order chi connectivity index (χ1) is 14.8. The van der Waals surface area contributed by atoms with E-state index in [0.717, 1.165) is 30.2 Å². The maximum absolute atomic E-state index is 12.5. The number of nitrogens with zero attached hydrogens (tertiary/aromatic N) is 3. The number of piperidine rings is 1. The van der Waals surface area contributed by atoms with Crippen LogP contribution in [0.2, 0.25) is 0 Å². The first kappa shape index (κ1) is 20.8. The summed E-state index contributed by atoms with van der Waals surface area (Å²) in [4.78, 5) is 26.9. The Bertz CT molecular complexity index is 912. The van der Waals surface area contributed by atoms with Gasteiger partial charge in [-0.15, -0.1) is 11.8 Å². The van der Waals surface area contributed by atoms with E-state index in [1.165, 1.54) is 10.5 Å². The van der Waals surface area contributed by atoms with Crippen LogP contribution in [0.25, 0.3) is 0 Å². The molecule has 1 fully saturated rings. The van der Waals surface area contributed by atoms with Crippen LogP contribution >= 0.6 is 23.5 Å². The molecule has 1 aliphatic heterocycles. The highest BCUT2D eigenvalue weighted by atomic mass is 32.2. The van der Waals surface area contributed by atoms with Crippen LogP contribution in [0.3, 0.4) is 0 Å². The number of H-pyrrole nitrogens is 1. The number of thioether (sulfide) groups is 2. The lowest BCUT2D eigenvalue weighted by Gasteiger charge is -2.30. The molecule has 0 saturated carbocycles. The largest absolute Gasteiger partial charge is 0.415 e. The van der Waals surface area contributed by atoms with Crippen molar-refractivity contribution in [2.45, 2.75) is 34.6 Å². The average molecular weight is 441 g/mol. The van der Waals surface area contributed by atoms with Crippen molar-refractivity contribution in [1.29, 1.82) is 0 Å². The summed E-state index contributed by atoms with van der Waals surface area (Å²) in [7, 11) is 0. The number of hydrogen-bond acceptors (Lipinski definition) is 6. The number of pyridine rings is 1. The smallest absolute Gasteiger partial charge is 0.410 e. The third kappa shape index (κ3) is 6.03. The van der Waals surface area contributed by atoms with Gasteiger partial charge in [0.25, 0.3) is 0 Å². The molecular formula is C22H24N4O2S2. The van der Waals surface area contributed by atoms with Gasteiger partial charge in [-0.2, -0.15) is 0 Å². The first-order valence-corrected chi connectivity index (χ1v) is 11.9. The molecule has 0 bridgehead atoms. The highest BCUT2D eigenvalue weighted by Crippen LogP contribution is 2.28. The van der Waals surface area contributed by atoms with Gasteiger partial charge in [0.05, 0.1) is 0 Å². The molecule has 3 heterocycles. The SMILES string of the molecule is O=C(Oc1ccc(CCSc2ccncc2)cc1)N1CCC(Sc2ncc[nH]2)CC1. The zero-order valence-corrected chi connectivity index (χ0v) is 18.2. The Morgan fingerprint density at radius 3 is 2.57 bits per heavy atom. The Morgan fingerprint density at radius 2 is 1.87 bits per heavy atom. The molecular weight excluding hydrogens is 416 g/mol. The van der Waals surface area contributed by atoms with Crippen LogP contribution in [0.1, 0.15) is 18.4 Å². The van der Waals surface area contributed by atoms with Crippen molar-refractivity contribution in [1.82, 2.24) is 19.9 Å². The number of likely N-dealkylation sites (tertiary alicyclic amines) is 1. The summed E-state index contributed by atoms with van der Waals surface area (Å²) < 4.78 is 5.57. The second-order valence-electron chi connectivity index (χ2n) is 6.99. The highest BCUT2D eigenvalue weighted by Gasteiger charge is 2.25. The number of nitrogens with one attached hydrogen (secondary N) is 1. The molecule has 0 unspecified atom stereocenters. The topological polar surface area (TPSA) is 71.1 Å². The van der Waals surface area contributed by atoms with Crippen molar-refractivity contribution in [3.63, 3.8) is 0 Å². The second kappa shape index (κ2) is 10.5. The number of hydrogen-bond donors (Lipinski definition) is 1. The van der Waals surface area contributed by atoms with Crippen molar-refractivity contribution in [2.75, 3.05) is 18.8 Å². The summed E-state index contributed by atoms with van der Waals surface area (Å²) in [5, 5.41) is 1.42. The molecule has 0 atom stereocenters. The number of ether oxygens (including phenoxy) is 1. The monoisotopic (exact) mass is 440 g/mol. The van der Waals surface area contributed by atoms with Crippen LogP contribution < -0.4 is 4.74 Å². The number of carbonyl (C=O) groups excluding carboxylic acids is 1. The van der Waals surface area contributed by atoms with Crippen LogP contribution in [0, 0.1) is 0 Å². The maximum Gasteiger partial charge on any atom is 0.415 e. The van der Waals surface area contributed by atoms with Gasteiger partial charge in [-0.1, -0.05) is 23.9 Å². The van der Waals surface area contributed by atoms with Gasteiger partial charge in [-0.05, 0) is 49.1 Å². The first-order valence-electron chi connectivity index (χ1n) is 10.0. The van der Waals surface area contributed by atoms with E-state index in [1.807, 2.05) is 66.8 Å². The maximum atomic E-state index is 12.5. The fourth-order valence-electron chi connectivity index (χ4n) is 3.24. The molecule has 1 aromatic carbocycles. The van der Waals surface area contributed by atoms with Gasteiger partial charge in [0, 0.05) is 53.8 Å². The van der Waals surface area contributed by atoms with Crippen LogP contribution in [-0.4, -0.2) is 50.0 Å². The number of imidazole rings is 1. The lowest BCUT2D eigenvalue weighted by molar-refractivity contribution is 0.143. The Balaban J connectivity index is 1.19. The van der Waals surface area contributed by atoms with Crippen LogP contribution in [0.4, 0.5) is 4.79 Å². The molecule has 0 radical (unpaired) electrons. The second-order valence-corrected chi connectivity index (χ2v) is 9.45. The minimum atomic E-state index is -0.266. The van der Waals surface area contributed by atoms with E-state index in [2.05, 4.69) is 15.0 Å². The van der Waals surface area contributed by atoms with Crippen LogP contribution in [0.5, 0.6) is 5.75 Å². The van der Waals surface area contributed by atoms with E-state index in [4.69, 9.17) is 4.74 Å². The number of aromatic nitrogens is 3. The predicted molar refractivity (Wildman–Crippen MR) is 120 cm³/mol. The standard InChI is InChI=1S/C22H24N4O2S2/c27-22(26-14-7-20(8-15-26)30-21-24-12-13-25-21)28-18-3-1-17(2-4-18)9-16-29-19-5-10-23-11-6-19/h1-6,10-13,20H,7-9,14-16H2,(H,24,25). The summed E-state index contributed by atoms with van der Waals surface area (Å²) in [6.07, 6.45) is 9.79. The van der Waals surface area contributed by atoms with Crippen molar-refractivity contribution in [2.24, 2.45) is 0 Å². The molecule has 1 N–H and O–H groups in total. The van der Waals surface area contributed by atoms with Crippen LogP contribution in [-0.2, 0) is 6.42 Å². The summed E-state index contributed by atoms with van der Waals surface area (Å²) in [6, 6.07) is 11.9. The van der Waals surface area contributed by atoms with Gasteiger partial charge in [-0.3, -0.25) is 4.98 Å². The Morgan fingerprint density at radius 1 is 1.10 bits per heavy atom. The summed E-state index contributed by atoms with van der Waals surface area (Å²) in [6.45, 7) is 1.42. The minimum absolute atomic E-state index is 0.266. The molecule has 8 heteroatoms. The molecule has 1 aliphatic rings. The van der Waals surface area contributed by atoms with E-state index in [9.17, 15) is 4.79 Å². The predicted octanol–water partition coefficient (Wildman–Crippen LogP) is 4.90. The number of carbonyl (C=O) groups is 1. The van der Waals surface area contributed by atoms with E-state index in [0.29, 0.717) is 24.1 Å². The van der Waals surface area contributed by atoms with E-state index < -0.39 is 0 Å². The molecule has 30 heavy (non-hydrogen) atoms. The Labute approximate surface area is 184 Å². The molecule has 1 amide bonds.